The summed E-state index contributed by atoms with van der Waals surface area (Å²) in [6, 6.07) is 3.51. The second kappa shape index (κ2) is 3.96. The van der Waals surface area contributed by atoms with E-state index in [0.717, 1.165) is 43.5 Å². The Bertz CT molecular complexity index is 449. The zero-order valence-corrected chi connectivity index (χ0v) is 9.69. The minimum atomic E-state index is -0.272. The molecule has 1 aromatic rings. The van der Waals surface area contributed by atoms with Crippen molar-refractivity contribution < 1.29 is 9.50 Å². The molecule has 1 heterocycles. The number of nitrogens with zero attached hydrogens (tertiary/aromatic N) is 1. The average Bonchev–Trinajstić information content (AvgIpc) is 2.83. The van der Waals surface area contributed by atoms with Gasteiger partial charge in [-0.25, -0.2) is 4.39 Å². The maximum absolute atomic E-state index is 13.7. The summed E-state index contributed by atoms with van der Waals surface area (Å²) < 4.78 is 13.7. The van der Waals surface area contributed by atoms with Gasteiger partial charge in [-0.1, -0.05) is 0 Å². The van der Waals surface area contributed by atoms with Crippen molar-refractivity contribution in [3.8, 4) is 5.75 Å². The van der Waals surface area contributed by atoms with Crippen LogP contribution in [-0.2, 0) is 12.8 Å². The quantitative estimate of drug-likeness (QED) is 0.765. The molecular weight excluding hydrogens is 219 g/mol. The zero-order chi connectivity index (χ0) is 12.0. The van der Waals surface area contributed by atoms with Gasteiger partial charge in [-0.05, 0) is 36.5 Å². The molecule has 2 atom stereocenters. The molecule has 1 aromatic carbocycles. The zero-order valence-electron chi connectivity index (χ0n) is 9.69. The van der Waals surface area contributed by atoms with Crippen molar-refractivity contribution in [1.82, 2.24) is 4.90 Å². The lowest BCUT2D eigenvalue weighted by molar-refractivity contribution is 0.246. The van der Waals surface area contributed by atoms with Crippen molar-refractivity contribution in [1.29, 1.82) is 0 Å². The van der Waals surface area contributed by atoms with Gasteiger partial charge in [0.05, 0.1) is 0 Å². The van der Waals surface area contributed by atoms with Crippen LogP contribution in [0.25, 0.3) is 0 Å². The molecule has 1 saturated heterocycles. The van der Waals surface area contributed by atoms with Crippen molar-refractivity contribution in [2.75, 3.05) is 13.1 Å². The number of likely N-dealkylation sites (tertiary alicyclic amines) is 1. The number of hydrogen-bond acceptors (Lipinski definition) is 3. The van der Waals surface area contributed by atoms with Gasteiger partial charge in [0.2, 0.25) is 0 Å². The van der Waals surface area contributed by atoms with E-state index in [-0.39, 0.29) is 17.6 Å². The minimum Gasteiger partial charge on any atom is -0.508 e. The van der Waals surface area contributed by atoms with E-state index in [0.29, 0.717) is 6.04 Å². The van der Waals surface area contributed by atoms with Crippen molar-refractivity contribution in [2.24, 2.45) is 5.73 Å². The molecule has 92 valence electrons. The van der Waals surface area contributed by atoms with Crippen molar-refractivity contribution in [3.63, 3.8) is 0 Å². The van der Waals surface area contributed by atoms with Crippen LogP contribution in [0.5, 0.6) is 5.75 Å². The normalized spacial score (nSPS) is 28.6. The number of halogens is 1. The molecule has 0 radical (unpaired) electrons. The summed E-state index contributed by atoms with van der Waals surface area (Å²) in [7, 11) is 0. The van der Waals surface area contributed by atoms with E-state index in [1.807, 2.05) is 0 Å². The molecule has 3 rings (SSSR count). The number of nitrogens with two attached hydrogens (primary N) is 1. The van der Waals surface area contributed by atoms with Gasteiger partial charge in [0.25, 0.3) is 0 Å². The van der Waals surface area contributed by atoms with Gasteiger partial charge in [0, 0.05) is 31.2 Å². The summed E-state index contributed by atoms with van der Waals surface area (Å²) in [6.45, 7) is 1.92. The maximum atomic E-state index is 13.7. The monoisotopic (exact) mass is 236 g/mol. The smallest absolute Gasteiger partial charge is 0.130 e. The van der Waals surface area contributed by atoms with E-state index in [1.165, 1.54) is 6.07 Å². The standard InChI is InChI=1S/C13H17FN2O/c14-13-6-11(17)4-8-3-10(5-12(8)13)16-2-1-9(15)7-16/h4,6,9-10,17H,1-3,5,7,15H2. The van der Waals surface area contributed by atoms with Crippen LogP contribution in [0, 0.1) is 5.82 Å². The van der Waals surface area contributed by atoms with Gasteiger partial charge in [-0.15, -0.1) is 0 Å². The largest absolute Gasteiger partial charge is 0.508 e. The fraction of sp³-hybridized carbons (Fsp3) is 0.538. The number of phenolic OH excluding ortho intramolecular Hbond substituents is 1. The first-order valence-corrected chi connectivity index (χ1v) is 6.13. The summed E-state index contributed by atoms with van der Waals surface area (Å²) in [6.07, 6.45) is 2.60. The molecule has 0 spiro atoms. The molecular formula is C13H17FN2O. The summed E-state index contributed by atoms with van der Waals surface area (Å²) in [5, 5.41) is 9.40. The number of fused-ring (bicyclic) bond motifs is 1. The molecule has 3 nitrogen and oxygen atoms in total. The first kappa shape index (κ1) is 11.0. The summed E-state index contributed by atoms with van der Waals surface area (Å²) >= 11 is 0. The van der Waals surface area contributed by atoms with Crippen molar-refractivity contribution >= 4 is 0 Å². The van der Waals surface area contributed by atoms with Crippen LogP contribution < -0.4 is 5.73 Å². The lowest BCUT2D eigenvalue weighted by Gasteiger charge is -2.22. The average molecular weight is 236 g/mol. The Morgan fingerprint density at radius 2 is 2.18 bits per heavy atom. The molecule has 2 aliphatic rings. The highest BCUT2D eigenvalue weighted by Crippen LogP contribution is 2.32. The second-order valence-corrected chi connectivity index (χ2v) is 5.17. The predicted molar refractivity (Wildman–Crippen MR) is 63.4 cm³/mol. The third-order valence-corrected chi connectivity index (χ3v) is 3.94. The number of hydrogen-bond donors (Lipinski definition) is 2. The highest BCUT2D eigenvalue weighted by atomic mass is 19.1. The Morgan fingerprint density at radius 1 is 1.35 bits per heavy atom. The first-order chi connectivity index (χ1) is 8.13. The Hall–Kier alpha value is -1.13. The van der Waals surface area contributed by atoms with Crippen LogP contribution in [0.15, 0.2) is 12.1 Å². The van der Waals surface area contributed by atoms with E-state index < -0.39 is 0 Å². The van der Waals surface area contributed by atoms with Gasteiger partial charge in [-0.2, -0.15) is 0 Å². The van der Waals surface area contributed by atoms with Gasteiger partial charge < -0.3 is 10.8 Å². The minimum absolute atomic E-state index is 0.0278. The molecule has 1 aliphatic heterocycles. The van der Waals surface area contributed by atoms with Crippen LogP contribution >= 0.6 is 0 Å². The topological polar surface area (TPSA) is 49.5 Å². The molecule has 2 unspecified atom stereocenters. The SMILES string of the molecule is NC1CCN(C2Cc3cc(O)cc(F)c3C2)C1. The molecule has 1 aliphatic carbocycles. The van der Waals surface area contributed by atoms with Crippen LogP contribution in [0.1, 0.15) is 17.5 Å². The number of phenols is 1. The predicted octanol–water partition coefficient (Wildman–Crippen LogP) is 1.03. The summed E-state index contributed by atoms with van der Waals surface area (Å²) in [4.78, 5) is 2.35. The molecule has 0 saturated carbocycles. The van der Waals surface area contributed by atoms with Gasteiger partial charge >= 0.3 is 0 Å². The van der Waals surface area contributed by atoms with E-state index in [9.17, 15) is 9.50 Å². The Balaban J connectivity index is 1.81. The van der Waals surface area contributed by atoms with Gasteiger partial charge in [-0.3, -0.25) is 4.90 Å². The molecule has 0 bridgehead atoms. The Kier molecular flexibility index (Phi) is 2.56. The molecule has 0 aromatic heterocycles. The van der Waals surface area contributed by atoms with Crippen molar-refractivity contribution in [3.05, 3.63) is 29.1 Å². The Morgan fingerprint density at radius 3 is 2.88 bits per heavy atom. The summed E-state index contributed by atoms with van der Waals surface area (Å²) in [5.74, 6) is -0.244. The first-order valence-electron chi connectivity index (χ1n) is 6.13. The van der Waals surface area contributed by atoms with E-state index in [2.05, 4.69) is 4.90 Å². The third kappa shape index (κ3) is 1.91. The van der Waals surface area contributed by atoms with Crippen LogP contribution in [0.4, 0.5) is 4.39 Å². The number of rotatable bonds is 1. The highest BCUT2D eigenvalue weighted by molar-refractivity contribution is 5.40. The molecule has 0 amide bonds. The third-order valence-electron chi connectivity index (χ3n) is 3.94. The summed E-state index contributed by atoms with van der Waals surface area (Å²) in [5.41, 5.74) is 7.62. The lowest BCUT2D eigenvalue weighted by atomic mass is 10.1. The van der Waals surface area contributed by atoms with Gasteiger partial charge in [0.15, 0.2) is 0 Å². The van der Waals surface area contributed by atoms with E-state index >= 15 is 0 Å². The fourth-order valence-corrected chi connectivity index (χ4v) is 3.06. The highest BCUT2D eigenvalue weighted by Gasteiger charge is 2.32. The second-order valence-electron chi connectivity index (χ2n) is 5.17. The van der Waals surface area contributed by atoms with Crippen LogP contribution in [-0.4, -0.2) is 35.2 Å². The molecule has 17 heavy (non-hydrogen) atoms. The van der Waals surface area contributed by atoms with Crippen LogP contribution in [0.2, 0.25) is 0 Å². The van der Waals surface area contributed by atoms with Crippen molar-refractivity contribution in [2.45, 2.75) is 31.3 Å². The lowest BCUT2D eigenvalue weighted by Crippen LogP contribution is -2.36. The molecule has 1 fully saturated rings. The molecule has 4 heteroatoms. The van der Waals surface area contributed by atoms with Gasteiger partial charge in [0.1, 0.15) is 11.6 Å². The number of benzene rings is 1. The number of aromatic hydroxyl groups is 1. The van der Waals surface area contributed by atoms with E-state index in [1.54, 1.807) is 6.07 Å². The molecule has 3 N–H and O–H groups in total. The fourth-order valence-electron chi connectivity index (χ4n) is 3.06. The Labute approximate surface area is 100 Å². The van der Waals surface area contributed by atoms with Crippen LogP contribution in [0.3, 0.4) is 0 Å². The van der Waals surface area contributed by atoms with E-state index in [4.69, 9.17) is 5.73 Å². The maximum Gasteiger partial charge on any atom is 0.130 e.